The molecule has 0 rings (SSSR count). The van der Waals surface area contributed by atoms with Crippen LogP contribution < -0.4 is 0 Å². The monoisotopic (exact) mass is 182 g/mol. The van der Waals surface area contributed by atoms with Gasteiger partial charge in [0, 0.05) is 0 Å². The molecule has 0 unspecified atom stereocenters. The number of hydrogen-bond donors (Lipinski definition) is 0. The first-order valence-corrected chi connectivity index (χ1v) is 4.54. The third-order valence-corrected chi connectivity index (χ3v) is 0.451. The fraction of sp³-hybridized carbons (Fsp3) is 0.385. The minimum absolute atomic E-state index is 1.11. The highest BCUT2D eigenvalue weighted by atomic mass is 13.7. The van der Waals surface area contributed by atoms with Crippen LogP contribution in [-0.4, -0.2) is 0 Å². The van der Waals surface area contributed by atoms with E-state index in [0.717, 1.165) is 5.57 Å². The normalized spacial score (nSPS) is 6.23. The van der Waals surface area contributed by atoms with E-state index in [1.54, 1.807) is 6.08 Å². The molecule has 0 aromatic rings. The van der Waals surface area contributed by atoms with Gasteiger partial charge < -0.3 is 0 Å². The van der Waals surface area contributed by atoms with Gasteiger partial charge in [0.05, 0.1) is 0 Å². The summed E-state index contributed by atoms with van der Waals surface area (Å²) in [6.07, 6.45) is 5.70. The predicted molar refractivity (Wildman–Crippen MR) is 68.1 cm³/mol. The molecule has 0 atom stereocenters. The molecule has 0 amide bonds. The fourth-order valence-electron chi connectivity index (χ4n) is 0.285. The topological polar surface area (TPSA) is 0 Å². The molecule has 78 valence electrons. The first-order chi connectivity index (χ1) is 6.18. The van der Waals surface area contributed by atoms with Crippen molar-refractivity contribution in [2.24, 2.45) is 0 Å². The summed E-state index contributed by atoms with van der Waals surface area (Å²) in [5, 5.41) is 0. The standard InChI is InChI=1S/C6H10.C3H6.C2H6.C2H4/c1-4-5-6(2)3;1-3-2;2*1-2/h4-5H,2H2,1,3H3;3H,1H2,2H3;1-2H3;1-2H2/b5-4-;;;. The smallest absolute Gasteiger partial charge is 0.0404 e. The molecule has 0 spiro atoms. The van der Waals surface area contributed by atoms with Gasteiger partial charge in [-0.05, 0) is 20.8 Å². The van der Waals surface area contributed by atoms with Crippen molar-refractivity contribution in [1.82, 2.24) is 0 Å². The lowest BCUT2D eigenvalue weighted by molar-refractivity contribution is 1.50. The van der Waals surface area contributed by atoms with Crippen LogP contribution >= 0.6 is 0 Å². The number of hydrogen-bond acceptors (Lipinski definition) is 0. The van der Waals surface area contributed by atoms with Gasteiger partial charge in [-0.1, -0.05) is 44.2 Å². The molecule has 0 nitrogen and oxygen atoms in total. The second-order valence-corrected chi connectivity index (χ2v) is 1.75. The van der Waals surface area contributed by atoms with Crippen molar-refractivity contribution in [1.29, 1.82) is 0 Å². The Balaban J connectivity index is -0.0000000493. The zero-order chi connectivity index (χ0) is 11.7. The molecule has 0 heteroatoms. The average molecular weight is 182 g/mol. The minimum Gasteiger partial charge on any atom is -0.106 e. The molecule has 0 radical (unpaired) electrons. The van der Waals surface area contributed by atoms with E-state index in [9.17, 15) is 0 Å². The van der Waals surface area contributed by atoms with Crippen LogP contribution in [0.15, 0.2) is 50.1 Å². The van der Waals surface area contributed by atoms with Crippen molar-refractivity contribution in [3.8, 4) is 0 Å². The van der Waals surface area contributed by atoms with Gasteiger partial charge in [0.25, 0.3) is 0 Å². The Bertz CT molecular complexity index is 107. The SMILES string of the molecule is C=C.C=C(C)/C=C\C.C=CC.CC. The highest BCUT2D eigenvalue weighted by Gasteiger charge is 1.63. The second kappa shape index (κ2) is 44.2. The van der Waals surface area contributed by atoms with Gasteiger partial charge in [-0.15, -0.1) is 19.7 Å². The molecule has 13 heavy (non-hydrogen) atoms. The van der Waals surface area contributed by atoms with Gasteiger partial charge in [0.1, 0.15) is 0 Å². The lowest BCUT2D eigenvalue weighted by atomic mass is 10.3. The van der Waals surface area contributed by atoms with Crippen molar-refractivity contribution in [2.75, 3.05) is 0 Å². The quantitative estimate of drug-likeness (QED) is 0.388. The Morgan fingerprint density at radius 1 is 1.08 bits per heavy atom. The van der Waals surface area contributed by atoms with E-state index >= 15 is 0 Å². The van der Waals surface area contributed by atoms with Gasteiger partial charge >= 0.3 is 0 Å². The van der Waals surface area contributed by atoms with Crippen LogP contribution in [-0.2, 0) is 0 Å². The molecular formula is C13H26. The van der Waals surface area contributed by atoms with E-state index in [-0.39, 0.29) is 0 Å². The molecule has 0 fully saturated rings. The Morgan fingerprint density at radius 3 is 1.31 bits per heavy atom. The first-order valence-electron chi connectivity index (χ1n) is 4.54. The van der Waals surface area contributed by atoms with Crippen LogP contribution in [0.5, 0.6) is 0 Å². The van der Waals surface area contributed by atoms with E-state index in [4.69, 9.17) is 0 Å². The third-order valence-electron chi connectivity index (χ3n) is 0.451. The Kier molecular flexibility index (Phi) is 77.1. The Labute approximate surface area is 85.4 Å². The second-order valence-electron chi connectivity index (χ2n) is 1.75. The molecule has 0 saturated heterocycles. The maximum Gasteiger partial charge on any atom is -0.0404 e. The largest absolute Gasteiger partial charge is 0.106 e. The predicted octanol–water partition coefficient (Wildman–Crippen LogP) is 5.16. The third kappa shape index (κ3) is 229. The molecule has 0 aliphatic rings. The molecule has 0 aromatic carbocycles. The zero-order valence-electron chi connectivity index (χ0n) is 10.1. The van der Waals surface area contributed by atoms with Gasteiger partial charge in [0.2, 0.25) is 0 Å². The molecule has 0 heterocycles. The number of rotatable bonds is 1. The molecule has 0 aromatic heterocycles. The van der Waals surface area contributed by atoms with E-state index < -0.39 is 0 Å². The van der Waals surface area contributed by atoms with Crippen molar-refractivity contribution < 1.29 is 0 Å². The summed E-state index contributed by atoms with van der Waals surface area (Å²) < 4.78 is 0. The van der Waals surface area contributed by atoms with Crippen LogP contribution in [0.25, 0.3) is 0 Å². The number of allylic oxidation sites excluding steroid dienone is 4. The molecule has 0 saturated carbocycles. The summed E-state index contributed by atoms with van der Waals surface area (Å²) >= 11 is 0. The Morgan fingerprint density at radius 2 is 1.31 bits per heavy atom. The van der Waals surface area contributed by atoms with Crippen LogP contribution in [0.4, 0.5) is 0 Å². The van der Waals surface area contributed by atoms with E-state index in [2.05, 4.69) is 26.3 Å². The maximum absolute atomic E-state index is 3.66. The first kappa shape index (κ1) is 22.7. The summed E-state index contributed by atoms with van der Waals surface area (Å²) in [6.45, 7) is 22.9. The van der Waals surface area contributed by atoms with Gasteiger partial charge in [-0.2, -0.15) is 0 Å². The van der Waals surface area contributed by atoms with Crippen LogP contribution in [0.3, 0.4) is 0 Å². The molecule has 0 bridgehead atoms. The van der Waals surface area contributed by atoms with Crippen LogP contribution in [0.2, 0.25) is 0 Å². The summed E-state index contributed by atoms with van der Waals surface area (Å²) in [6, 6.07) is 0. The van der Waals surface area contributed by atoms with Crippen LogP contribution in [0.1, 0.15) is 34.6 Å². The van der Waals surface area contributed by atoms with Gasteiger partial charge in [-0.25, -0.2) is 0 Å². The zero-order valence-corrected chi connectivity index (χ0v) is 10.1. The maximum atomic E-state index is 3.66. The van der Waals surface area contributed by atoms with E-state index in [0.29, 0.717) is 0 Å². The summed E-state index contributed by atoms with van der Waals surface area (Å²) in [7, 11) is 0. The van der Waals surface area contributed by atoms with Crippen molar-refractivity contribution in [2.45, 2.75) is 34.6 Å². The molecule has 0 aliphatic carbocycles. The highest BCUT2D eigenvalue weighted by Crippen LogP contribution is 1.85. The van der Waals surface area contributed by atoms with Crippen molar-refractivity contribution in [3.63, 3.8) is 0 Å². The fourth-order valence-corrected chi connectivity index (χ4v) is 0.285. The average Bonchev–Trinajstić information content (AvgIpc) is 2.12. The lowest BCUT2D eigenvalue weighted by Crippen LogP contribution is -1.54. The van der Waals surface area contributed by atoms with Crippen LogP contribution in [0, 0.1) is 0 Å². The summed E-state index contributed by atoms with van der Waals surface area (Å²) in [5.41, 5.74) is 1.11. The molecule has 0 aliphatic heterocycles. The van der Waals surface area contributed by atoms with Crippen molar-refractivity contribution in [3.05, 3.63) is 50.1 Å². The van der Waals surface area contributed by atoms with Gasteiger partial charge in [-0.3, -0.25) is 0 Å². The van der Waals surface area contributed by atoms with E-state index in [1.165, 1.54) is 0 Å². The molecule has 0 N–H and O–H groups in total. The Hall–Kier alpha value is -1.04. The summed E-state index contributed by atoms with van der Waals surface area (Å²) in [5.74, 6) is 0. The molecular weight excluding hydrogens is 156 g/mol. The van der Waals surface area contributed by atoms with Gasteiger partial charge in [0.15, 0.2) is 0 Å². The minimum atomic E-state index is 1.11. The summed E-state index contributed by atoms with van der Waals surface area (Å²) in [4.78, 5) is 0. The van der Waals surface area contributed by atoms with Crippen molar-refractivity contribution >= 4 is 0 Å². The van der Waals surface area contributed by atoms with E-state index in [1.807, 2.05) is 46.8 Å². The highest BCUT2D eigenvalue weighted by molar-refractivity contribution is 5.09. The lowest BCUT2D eigenvalue weighted by Gasteiger charge is -1.75.